The Labute approximate surface area is 161 Å². The van der Waals surface area contributed by atoms with Crippen molar-refractivity contribution in [3.63, 3.8) is 0 Å². The van der Waals surface area contributed by atoms with Gasteiger partial charge in [-0.15, -0.1) is 6.58 Å². The molecule has 1 aliphatic rings. The van der Waals surface area contributed by atoms with E-state index in [-0.39, 0.29) is 31.0 Å². The second-order valence-corrected chi connectivity index (χ2v) is 8.06. The molecular weight excluding hydrogens is 342 g/mol. The van der Waals surface area contributed by atoms with Gasteiger partial charge in [0.15, 0.2) is 0 Å². The molecule has 0 unspecified atom stereocenters. The van der Waals surface area contributed by atoms with Crippen molar-refractivity contribution in [2.75, 3.05) is 6.54 Å². The van der Waals surface area contributed by atoms with Crippen LogP contribution >= 0.6 is 0 Å². The van der Waals surface area contributed by atoms with Crippen LogP contribution in [-0.4, -0.2) is 34.7 Å². The lowest BCUT2D eigenvalue weighted by molar-refractivity contribution is -0.135. The van der Waals surface area contributed by atoms with Crippen LogP contribution in [0.5, 0.6) is 0 Å². The first-order valence-electron chi connectivity index (χ1n) is 9.37. The van der Waals surface area contributed by atoms with Gasteiger partial charge in [0.2, 0.25) is 0 Å². The van der Waals surface area contributed by atoms with Crippen molar-refractivity contribution in [1.82, 2.24) is 4.90 Å². The van der Waals surface area contributed by atoms with Crippen LogP contribution in [0.15, 0.2) is 43.0 Å². The number of carbonyl (C=O) groups is 3. The maximum atomic E-state index is 12.7. The molecule has 146 valence electrons. The molecule has 1 saturated carbocycles. The van der Waals surface area contributed by atoms with Gasteiger partial charge in [-0.05, 0) is 39.2 Å². The number of hydrogen-bond donors (Lipinski definition) is 0. The summed E-state index contributed by atoms with van der Waals surface area (Å²) < 4.78 is 5.53. The topological polar surface area (TPSA) is 63.7 Å². The standard InChI is InChI=1S/C22H29NO4/c1-5-13-22(18(24)11-12-19(22)25)14-15-23(20(26)27-21(2,3)4)16-17-9-7-6-8-10-17/h5-10H,1,11-16H2,2-4H3. The molecule has 27 heavy (non-hydrogen) atoms. The molecule has 0 aliphatic heterocycles. The first kappa shape index (κ1) is 20.9. The molecule has 0 N–H and O–H groups in total. The van der Waals surface area contributed by atoms with E-state index in [2.05, 4.69) is 6.58 Å². The zero-order valence-corrected chi connectivity index (χ0v) is 16.5. The first-order valence-corrected chi connectivity index (χ1v) is 9.37. The van der Waals surface area contributed by atoms with Crippen LogP contribution in [0.1, 0.15) is 52.0 Å². The van der Waals surface area contributed by atoms with Gasteiger partial charge in [-0.1, -0.05) is 36.4 Å². The average molecular weight is 371 g/mol. The van der Waals surface area contributed by atoms with Crippen molar-refractivity contribution >= 4 is 17.7 Å². The molecule has 0 spiro atoms. The lowest BCUT2D eigenvalue weighted by Crippen LogP contribution is -2.41. The quantitative estimate of drug-likeness (QED) is 0.529. The molecule has 1 fully saturated rings. The highest BCUT2D eigenvalue weighted by Gasteiger charge is 2.48. The van der Waals surface area contributed by atoms with Crippen LogP contribution in [0.2, 0.25) is 0 Å². The minimum absolute atomic E-state index is 0.0451. The van der Waals surface area contributed by atoms with Crippen LogP contribution in [0.4, 0.5) is 4.79 Å². The Bertz CT molecular complexity index is 687. The average Bonchev–Trinajstić information content (AvgIpc) is 2.87. The number of allylic oxidation sites excluding steroid dienone is 1. The molecule has 5 nitrogen and oxygen atoms in total. The lowest BCUT2D eigenvalue weighted by Gasteiger charge is -2.31. The third-order valence-corrected chi connectivity index (χ3v) is 4.82. The van der Waals surface area contributed by atoms with Crippen molar-refractivity contribution in [2.24, 2.45) is 5.41 Å². The maximum absolute atomic E-state index is 12.7. The monoisotopic (exact) mass is 371 g/mol. The van der Waals surface area contributed by atoms with Gasteiger partial charge in [-0.25, -0.2) is 4.79 Å². The zero-order chi connectivity index (χ0) is 20.1. The summed E-state index contributed by atoms with van der Waals surface area (Å²) in [6, 6.07) is 9.60. The molecule has 0 heterocycles. The van der Waals surface area contributed by atoms with Gasteiger partial charge in [0.25, 0.3) is 0 Å². The Balaban J connectivity index is 2.19. The molecule has 2 rings (SSSR count). The highest BCUT2D eigenvalue weighted by molar-refractivity contribution is 6.13. The number of nitrogens with zero attached hydrogens (tertiary/aromatic N) is 1. The molecule has 1 amide bonds. The number of rotatable bonds is 7. The largest absolute Gasteiger partial charge is 0.444 e. The minimum Gasteiger partial charge on any atom is -0.444 e. The van der Waals surface area contributed by atoms with Gasteiger partial charge in [-0.2, -0.15) is 0 Å². The van der Waals surface area contributed by atoms with E-state index in [0.717, 1.165) is 5.56 Å². The highest BCUT2D eigenvalue weighted by atomic mass is 16.6. The van der Waals surface area contributed by atoms with E-state index >= 15 is 0 Å². The van der Waals surface area contributed by atoms with E-state index < -0.39 is 17.1 Å². The predicted octanol–water partition coefficient (Wildman–Crippen LogP) is 4.31. The highest BCUT2D eigenvalue weighted by Crippen LogP contribution is 2.39. The van der Waals surface area contributed by atoms with Crippen LogP contribution in [0.25, 0.3) is 0 Å². The molecule has 0 radical (unpaired) electrons. The van der Waals surface area contributed by atoms with Crippen molar-refractivity contribution < 1.29 is 19.1 Å². The molecule has 0 bridgehead atoms. The van der Waals surface area contributed by atoms with Gasteiger partial charge < -0.3 is 9.64 Å². The third kappa shape index (κ3) is 5.28. The first-order chi connectivity index (χ1) is 12.7. The van der Waals surface area contributed by atoms with Gasteiger partial charge in [0.1, 0.15) is 17.2 Å². The predicted molar refractivity (Wildman–Crippen MR) is 104 cm³/mol. The number of benzene rings is 1. The van der Waals surface area contributed by atoms with Crippen LogP contribution in [0.3, 0.4) is 0 Å². The Morgan fingerprint density at radius 3 is 2.30 bits per heavy atom. The lowest BCUT2D eigenvalue weighted by atomic mass is 9.77. The maximum Gasteiger partial charge on any atom is 0.410 e. The number of Topliss-reactive ketones (excluding diaryl/α,β-unsaturated/α-hetero) is 2. The summed E-state index contributed by atoms with van der Waals surface area (Å²) in [5.41, 5.74) is -0.701. The SMILES string of the molecule is C=CCC1(CCN(Cc2ccccc2)C(=O)OC(C)(C)C)C(=O)CCC1=O. The summed E-state index contributed by atoms with van der Waals surface area (Å²) in [6.07, 6.45) is 2.34. The van der Waals surface area contributed by atoms with Crippen molar-refractivity contribution in [3.8, 4) is 0 Å². The Morgan fingerprint density at radius 1 is 1.19 bits per heavy atom. The van der Waals surface area contributed by atoms with Gasteiger partial charge >= 0.3 is 6.09 Å². The molecule has 0 aromatic heterocycles. The molecular formula is C22H29NO4. The van der Waals surface area contributed by atoms with Crippen LogP contribution in [-0.2, 0) is 20.9 Å². The second kappa shape index (κ2) is 8.51. The van der Waals surface area contributed by atoms with Crippen LogP contribution < -0.4 is 0 Å². The van der Waals surface area contributed by atoms with Gasteiger partial charge in [0.05, 0.1) is 5.41 Å². The Kier molecular flexibility index (Phi) is 6.58. The van der Waals surface area contributed by atoms with E-state index in [9.17, 15) is 14.4 Å². The number of ether oxygens (including phenoxy) is 1. The number of hydrogen-bond acceptors (Lipinski definition) is 4. The molecule has 5 heteroatoms. The Morgan fingerprint density at radius 2 is 1.78 bits per heavy atom. The minimum atomic E-state index is -1.04. The van der Waals surface area contributed by atoms with E-state index in [4.69, 9.17) is 4.74 Å². The molecule has 1 aromatic rings. The van der Waals surface area contributed by atoms with Crippen LogP contribution in [0, 0.1) is 5.41 Å². The van der Waals surface area contributed by atoms with Crippen molar-refractivity contribution in [2.45, 2.75) is 58.6 Å². The van der Waals surface area contributed by atoms with E-state index in [1.165, 1.54) is 0 Å². The number of amides is 1. The van der Waals surface area contributed by atoms with Crippen molar-refractivity contribution in [1.29, 1.82) is 0 Å². The van der Waals surface area contributed by atoms with E-state index in [0.29, 0.717) is 19.4 Å². The number of ketones is 2. The second-order valence-electron chi connectivity index (χ2n) is 8.06. The fraction of sp³-hybridized carbons (Fsp3) is 0.500. The Hall–Kier alpha value is -2.43. The van der Waals surface area contributed by atoms with Gasteiger partial charge in [0, 0.05) is 25.9 Å². The van der Waals surface area contributed by atoms with E-state index in [1.807, 2.05) is 51.1 Å². The summed E-state index contributed by atoms with van der Waals surface area (Å²) in [5, 5.41) is 0. The summed E-state index contributed by atoms with van der Waals surface area (Å²) >= 11 is 0. The fourth-order valence-electron chi connectivity index (χ4n) is 3.41. The van der Waals surface area contributed by atoms with E-state index in [1.54, 1.807) is 11.0 Å². The summed E-state index contributed by atoms with van der Waals surface area (Å²) in [5.74, 6) is -0.0903. The molecule has 0 atom stereocenters. The normalized spacial score (nSPS) is 16.3. The van der Waals surface area contributed by atoms with Crippen molar-refractivity contribution in [3.05, 3.63) is 48.6 Å². The smallest absolute Gasteiger partial charge is 0.410 e. The summed E-state index contributed by atoms with van der Waals surface area (Å²) in [4.78, 5) is 39.2. The molecule has 0 saturated heterocycles. The molecule has 1 aliphatic carbocycles. The molecule has 1 aromatic carbocycles. The zero-order valence-electron chi connectivity index (χ0n) is 16.5. The fourth-order valence-corrected chi connectivity index (χ4v) is 3.41. The summed E-state index contributed by atoms with van der Waals surface area (Å²) in [7, 11) is 0. The van der Waals surface area contributed by atoms with Gasteiger partial charge in [-0.3, -0.25) is 9.59 Å². The number of carbonyl (C=O) groups excluding carboxylic acids is 3. The third-order valence-electron chi connectivity index (χ3n) is 4.82. The summed E-state index contributed by atoms with van der Waals surface area (Å²) in [6.45, 7) is 9.79.